The smallest absolute Gasteiger partial charge is 0.324 e. The molecule has 0 saturated carbocycles. The predicted molar refractivity (Wildman–Crippen MR) is 115 cm³/mol. The fourth-order valence-corrected chi connectivity index (χ4v) is 3.96. The number of alkyl halides is 6. The Bertz CT molecular complexity index is 1340. The zero-order chi connectivity index (χ0) is 26.3. The van der Waals surface area contributed by atoms with Crippen molar-refractivity contribution in [1.82, 2.24) is 4.90 Å². The standard InChI is InChI=1S/C25H15F6N3O2/c26-24(27,28)16-9-15(10-17(11-16)25(29,30)31)13-34-21(19-3-1-2-4-20(19)23(34)36)22(35)33-18-7-5-14(12-32)6-8-18/h1-11,21H,13H2,(H,33,35). The van der Waals surface area contributed by atoms with Gasteiger partial charge < -0.3 is 10.2 Å². The van der Waals surface area contributed by atoms with E-state index >= 15 is 0 Å². The largest absolute Gasteiger partial charge is 0.416 e. The van der Waals surface area contributed by atoms with Gasteiger partial charge in [-0.25, -0.2) is 0 Å². The summed E-state index contributed by atoms with van der Waals surface area (Å²) in [5.41, 5.74) is -2.48. The molecular formula is C25H15F6N3O2. The highest BCUT2D eigenvalue weighted by atomic mass is 19.4. The van der Waals surface area contributed by atoms with Gasteiger partial charge in [0, 0.05) is 17.8 Å². The molecule has 2 amide bonds. The fraction of sp³-hybridized carbons (Fsp3) is 0.160. The Morgan fingerprint density at radius 2 is 1.50 bits per heavy atom. The number of halogens is 6. The first-order valence-corrected chi connectivity index (χ1v) is 10.4. The van der Waals surface area contributed by atoms with Gasteiger partial charge >= 0.3 is 12.4 Å². The molecule has 4 rings (SSSR count). The Balaban J connectivity index is 1.72. The first kappa shape index (κ1) is 24.8. The van der Waals surface area contributed by atoms with E-state index in [1.54, 1.807) is 6.07 Å². The van der Waals surface area contributed by atoms with Crippen molar-refractivity contribution in [1.29, 1.82) is 5.26 Å². The molecule has 3 aromatic rings. The molecule has 3 aromatic carbocycles. The van der Waals surface area contributed by atoms with Crippen LogP contribution in [0.3, 0.4) is 0 Å². The molecule has 36 heavy (non-hydrogen) atoms. The lowest BCUT2D eigenvalue weighted by Gasteiger charge is -2.25. The Labute approximate surface area is 200 Å². The number of fused-ring (bicyclic) bond motifs is 1. The number of carbonyl (C=O) groups is 2. The first-order chi connectivity index (χ1) is 16.9. The number of nitrogens with one attached hydrogen (secondary N) is 1. The first-order valence-electron chi connectivity index (χ1n) is 10.4. The maximum atomic E-state index is 13.3. The van der Waals surface area contributed by atoms with Crippen LogP contribution in [0, 0.1) is 11.3 Å². The second kappa shape index (κ2) is 9.03. The monoisotopic (exact) mass is 503 g/mol. The number of benzene rings is 3. The molecule has 1 atom stereocenters. The highest BCUT2D eigenvalue weighted by Gasteiger charge is 2.42. The van der Waals surface area contributed by atoms with Crippen LogP contribution in [0.2, 0.25) is 0 Å². The van der Waals surface area contributed by atoms with Crippen molar-refractivity contribution in [3.8, 4) is 6.07 Å². The number of carbonyl (C=O) groups excluding carboxylic acids is 2. The van der Waals surface area contributed by atoms with Crippen LogP contribution in [-0.2, 0) is 23.7 Å². The van der Waals surface area contributed by atoms with Crippen molar-refractivity contribution in [3.05, 3.63) is 100 Å². The lowest BCUT2D eigenvalue weighted by atomic mass is 10.0. The summed E-state index contributed by atoms with van der Waals surface area (Å²) in [4.78, 5) is 27.2. The highest BCUT2D eigenvalue weighted by Crippen LogP contribution is 2.39. The van der Waals surface area contributed by atoms with Crippen LogP contribution >= 0.6 is 0 Å². The second-order valence-corrected chi connectivity index (χ2v) is 8.02. The molecule has 0 aliphatic carbocycles. The quantitative estimate of drug-likeness (QED) is 0.449. The fourth-order valence-electron chi connectivity index (χ4n) is 3.96. The number of anilines is 1. The van der Waals surface area contributed by atoms with Crippen LogP contribution in [0.1, 0.15) is 44.2 Å². The Hall–Kier alpha value is -4.33. The van der Waals surface area contributed by atoms with E-state index < -0.39 is 53.4 Å². The molecule has 5 nitrogen and oxygen atoms in total. The SMILES string of the molecule is N#Cc1ccc(NC(=O)C2c3ccccc3C(=O)N2Cc2cc(C(F)(F)F)cc(C(F)(F)F)c2)cc1. The predicted octanol–water partition coefficient (Wildman–Crippen LogP) is 5.93. The number of rotatable bonds is 4. The van der Waals surface area contributed by atoms with Crippen LogP contribution in [0.25, 0.3) is 0 Å². The van der Waals surface area contributed by atoms with E-state index in [2.05, 4.69) is 5.32 Å². The van der Waals surface area contributed by atoms with Gasteiger partial charge in [-0.15, -0.1) is 0 Å². The normalized spacial score (nSPS) is 15.4. The average Bonchev–Trinajstić information content (AvgIpc) is 3.10. The van der Waals surface area contributed by atoms with Gasteiger partial charge in [-0.3, -0.25) is 9.59 Å². The molecule has 0 bridgehead atoms. The zero-order valence-corrected chi connectivity index (χ0v) is 18.1. The third-order valence-electron chi connectivity index (χ3n) is 5.59. The van der Waals surface area contributed by atoms with E-state index in [-0.39, 0.29) is 22.9 Å². The highest BCUT2D eigenvalue weighted by molar-refractivity contribution is 6.07. The zero-order valence-electron chi connectivity index (χ0n) is 18.1. The molecule has 184 valence electrons. The topological polar surface area (TPSA) is 73.2 Å². The average molecular weight is 503 g/mol. The van der Waals surface area contributed by atoms with Crippen LogP contribution < -0.4 is 5.32 Å². The van der Waals surface area contributed by atoms with E-state index in [0.717, 1.165) is 4.90 Å². The lowest BCUT2D eigenvalue weighted by Crippen LogP contribution is -2.35. The number of nitriles is 1. The summed E-state index contributed by atoms with van der Waals surface area (Å²) in [6.45, 7) is -0.675. The van der Waals surface area contributed by atoms with Gasteiger partial charge in [-0.05, 0) is 59.7 Å². The van der Waals surface area contributed by atoms with Gasteiger partial charge in [0.05, 0.1) is 22.8 Å². The number of amides is 2. The van der Waals surface area contributed by atoms with Crippen molar-refractivity contribution in [3.63, 3.8) is 0 Å². The molecule has 11 heteroatoms. The van der Waals surface area contributed by atoms with E-state index in [4.69, 9.17) is 5.26 Å². The van der Waals surface area contributed by atoms with Crippen molar-refractivity contribution in [2.45, 2.75) is 24.9 Å². The molecule has 1 aliphatic heterocycles. The molecule has 0 spiro atoms. The maximum absolute atomic E-state index is 13.3. The summed E-state index contributed by atoms with van der Waals surface area (Å²) in [6, 6.07) is 13.5. The van der Waals surface area contributed by atoms with Gasteiger partial charge in [0.25, 0.3) is 11.8 Å². The van der Waals surface area contributed by atoms with Crippen LogP contribution in [0.15, 0.2) is 66.7 Å². The van der Waals surface area contributed by atoms with E-state index in [1.165, 1.54) is 42.5 Å². The minimum Gasteiger partial charge on any atom is -0.324 e. The van der Waals surface area contributed by atoms with Crippen molar-refractivity contribution >= 4 is 17.5 Å². The Morgan fingerprint density at radius 1 is 0.917 bits per heavy atom. The van der Waals surface area contributed by atoms with Crippen molar-refractivity contribution in [2.75, 3.05) is 5.32 Å². The molecular weight excluding hydrogens is 488 g/mol. The van der Waals surface area contributed by atoms with Crippen LogP contribution in [-0.4, -0.2) is 16.7 Å². The molecule has 1 heterocycles. The van der Waals surface area contributed by atoms with E-state index in [0.29, 0.717) is 17.7 Å². The minimum atomic E-state index is -5.06. The van der Waals surface area contributed by atoms with Crippen molar-refractivity contribution < 1.29 is 35.9 Å². The van der Waals surface area contributed by atoms with Gasteiger partial charge in [0.15, 0.2) is 0 Å². The summed E-state index contributed by atoms with van der Waals surface area (Å²) in [5, 5.41) is 11.5. The van der Waals surface area contributed by atoms with Gasteiger partial charge in [-0.1, -0.05) is 18.2 Å². The van der Waals surface area contributed by atoms with E-state index in [1.807, 2.05) is 6.07 Å². The van der Waals surface area contributed by atoms with Crippen molar-refractivity contribution in [2.24, 2.45) is 0 Å². The summed E-state index contributed by atoms with van der Waals surface area (Å²) < 4.78 is 79.9. The Kier molecular flexibility index (Phi) is 6.22. The third-order valence-corrected chi connectivity index (χ3v) is 5.59. The number of nitrogens with zero attached hydrogens (tertiary/aromatic N) is 2. The van der Waals surface area contributed by atoms with E-state index in [9.17, 15) is 35.9 Å². The number of hydrogen-bond acceptors (Lipinski definition) is 3. The molecule has 1 N–H and O–H groups in total. The van der Waals surface area contributed by atoms with Gasteiger partial charge in [0.2, 0.25) is 0 Å². The molecule has 0 radical (unpaired) electrons. The number of hydrogen-bond donors (Lipinski definition) is 1. The summed E-state index contributed by atoms with van der Waals surface area (Å²) in [5.74, 6) is -1.43. The molecule has 0 saturated heterocycles. The molecule has 1 unspecified atom stereocenters. The summed E-state index contributed by atoms with van der Waals surface area (Å²) >= 11 is 0. The lowest BCUT2D eigenvalue weighted by molar-refractivity contribution is -0.143. The Morgan fingerprint density at radius 3 is 2.06 bits per heavy atom. The van der Waals surface area contributed by atoms with Crippen LogP contribution in [0.4, 0.5) is 32.0 Å². The third kappa shape index (κ3) is 4.88. The molecule has 0 aromatic heterocycles. The van der Waals surface area contributed by atoms with Crippen LogP contribution in [0.5, 0.6) is 0 Å². The minimum absolute atomic E-state index is 0.000849. The molecule has 1 aliphatic rings. The second-order valence-electron chi connectivity index (χ2n) is 8.02. The molecule has 0 fully saturated rings. The summed E-state index contributed by atoms with van der Waals surface area (Å²) in [6.07, 6.45) is -10.1. The van der Waals surface area contributed by atoms with Gasteiger partial charge in [0.1, 0.15) is 6.04 Å². The maximum Gasteiger partial charge on any atom is 0.416 e. The summed E-state index contributed by atoms with van der Waals surface area (Å²) in [7, 11) is 0. The van der Waals surface area contributed by atoms with Gasteiger partial charge in [-0.2, -0.15) is 31.6 Å².